The number of thioether (sulfide) groups is 1. The fourth-order valence-corrected chi connectivity index (χ4v) is 4.67. The van der Waals surface area contributed by atoms with Crippen LogP contribution in [0, 0.1) is 0 Å². The number of methoxy groups -OCH3 is 1. The number of hydrogen-bond acceptors (Lipinski definition) is 6. The van der Waals surface area contributed by atoms with E-state index in [0.29, 0.717) is 37.0 Å². The first-order chi connectivity index (χ1) is 16.0. The lowest BCUT2D eigenvalue weighted by Gasteiger charge is -2.25. The highest BCUT2D eigenvalue weighted by molar-refractivity contribution is 8.00. The minimum Gasteiger partial charge on any atom is -0.493 e. The summed E-state index contributed by atoms with van der Waals surface area (Å²) in [5, 5.41) is -0.204. The van der Waals surface area contributed by atoms with Crippen molar-refractivity contribution in [3.63, 3.8) is 0 Å². The molecule has 0 radical (unpaired) electrons. The topological polar surface area (TPSA) is 57.2 Å². The molecule has 2 aromatic rings. The molecule has 0 N–H and O–H groups in total. The summed E-state index contributed by atoms with van der Waals surface area (Å²) in [6, 6.07) is 10.5. The third-order valence-corrected chi connectivity index (χ3v) is 6.33. The highest BCUT2D eigenvalue weighted by Crippen LogP contribution is 2.43. The van der Waals surface area contributed by atoms with E-state index in [9.17, 15) is 13.6 Å². The average Bonchev–Trinajstić information content (AvgIpc) is 3.15. The standard InChI is InChI=1S/C24H29F2NO5S/c1-4-6-11-31-18-10-8-17(13-21(18)30-5-2)23-27(22(28)15-33-23)14-16-7-9-19(32-24(25)26)20(12-16)29-3/h7-10,12-13,23-24H,4-6,11,14-15H2,1-3H3/t23-/m1/s1. The molecule has 1 aliphatic heterocycles. The quantitative estimate of drug-likeness (QED) is 0.365. The smallest absolute Gasteiger partial charge is 0.387 e. The van der Waals surface area contributed by atoms with Crippen molar-refractivity contribution in [2.75, 3.05) is 26.1 Å². The summed E-state index contributed by atoms with van der Waals surface area (Å²) >= 11 is 1.53. The molecule has 33 heavy (non-hydrogen) atoms. The van der Waals surface area contributed by atoms with Crippen LogP contribution in [0.5, 0.6) is 23.0 Å². The minimum atomic E-state index is -2.95. The summed E-state index contributed by atoms with van der Waals surface area (Å²) in [5.41, 5.74) is 1.68. The molecular weight excluding hydrogens is 452 g/mol. The summed E-state index contributed by atoms with van der Waals surface area (Å²) in [7, 11) is 1.39. The molecule has 0 saturated carbocycles. The lowest BCUT2D eigenvalue weighted by atomic mass is 10.1. The molecule has 6 nitrogen and oxygen atoms in total. The number of alkyl halides is 2. The third-order valence-electron chi connectivity index (χ3n) is 5.07. The van der Waals surface area contributed by atoms with Gasteiger partial charge in [0.05, 0.1) is 26.1 Å². The van der Waals surface area contributed by atoms with Gasteiger partial charge in [0.1, 0.15) is 5.37 Å². The predicted molar refractivity (Wildman–Crippen MR) is 123 cm³/mol. The van der Waals surface area contributed by atoms with Crippen LogP contribution in [0.15, 0.2) is 36.4 Å². The number of halogens is 2. The first-order valence-electron chi connectivity index (χ1n) is 10.9. The van der Waals surface area contributed by atoms with Crippen LogP contribution in [-0.2, 0) is 11.3 Å². The molecule has 0 unspecified atom stereocenters. The van der Waals surface area contributed by atoms with Crippen LogP contribution < -0.4 is 18.9 Å². The normalized spacial score (nSPS) is 15.8. The number of benzene rings is 2. The highest BCUT2D eigenvalue weighted by atomic mass is 32.2. The van der Waals surface area contributed by atoms with Crippen molar-refractivity contribution in [3.8, 4) is 23.0 Å². The van der Waals surface area contributed by atoms with Crippen molar-refractivity contribution in [1.82, 2.24) is 4.90 Å². The van der Waals surface area contributed by atoms with Gasteiger partial charge in [0, 0.05) is 6.54 Å². The Morgan fingerprint density at radius 3 is 2.55 bits per heavy atom. The van der Waals surface area contributed by atoms with Crippen LogP contribution in [-0.4, -0.2) is 43.5 Å². The number of carbonyl (C=O) groups is 1. The second-order valence-corrected chi connectivity index (χ2v) is 8.46. The second kappa shape index (κ2) is 12.0. The van der Waals surface area contributed by atoms with Crippen LogP contribution in [0.1, 0.15) is 43.2 Å². The van der Waals surface area contributed by atoms with E-state index in [2.05, 4.69) is 11.7 Å². The Hall–Kier alpha value is -2.68. The maximum Gasteiger partial charge on any atom is 0.387 e. The molecule has 0 bridgehead atoms. The zero-order valence-corrected chi connectivity index (χ0v) is 19.8. The first-order valence-corrected chi connectivity index (χ1v) is 11.9. The second-order valence-electron chi connectivity index (χ2n) is 7.39. The summed E-state index contributed by atoms with van der Waals surface area (Å²) < 4.78 is 46.5. The molecular formula is C24H29F2NO5S. The molecule has 0 spiro atoms. The largest absolute Gasteiger partial charge is 0.493 e. The zero-order chi connectivity index (χ0) is 23.8. The van der Waals surface area contributed by atoms with Gasteiger partial charge < -0.3 is 23.8 Å². The van der Waals surface area contributed by atoms with Gasteiger partial charge in [0.25, 0.3) is 0 Å². The van der Waals surface area contributed by atoms with Gasteiger partial charge in [-0.3, -0.25) is 4.79 Å². The van der Waals surface area contributed by atoms with Crippen LogP contribution in [0.2, 0.25) is 0 Å². The first kappa shape index (κ1) is 25.0. The molecule has 1 amide bonds. The Kier molecular flexibility index (Phi) is 9.05. The van der Waals surface area contributed by atoms with Gasteiger partial charge in [0.15, 0.2) is 23.0 Å². The van der Waals surface area contributed by atoms with Crippen LogP contribution >= 0.6 is 11.8 Å². The Morgan fingerprint density at radius 1 is 1.06 bits per heavy atom. The van der Waals surface area contributed by atoms with E-state index in [0.717, 1.165) is 24.0 Å². The van der Waals surface area contributed by atoms with Crippen molar-refractivity contribution in [3.05, 3.63) is 47.5 Å². The maximum absolute atomic E-state index is 12.7. The summed E-state index contributed by atoms with van der Waals surface area (Å²) in [5.74, 6) is 1.84. The Labute approximate surface area is 197 Å². The molecule has 3 rings (SSSR count). The molecule has 1 fully saturated rings. The molecule has 0 aliphatic carbocycles. The van der Waals surface area contributed by atoms with E-state index in [1.165, 1.54) is 24.9 Å². The van der Waals surface area contributed by atoms with Crippen molar-refractivity contribution < 1.29 is 32.5 Å². The molecule has 1 saturated heterocycles. The number of unbranched alkanes of at least 4 members (excludes halogenated alkanes) is 1. The minimum absolute atomic E-state index is 0.00175. The van der Waals surface area contributed by atoms with Gasteiger partial charge in [-0.1, -0.05) is 25.5 Å². The molecule has 180 valence electrons. The van der Waals surface area contributed by atoms with Crippen molar-refractivity contribution >= 4 is 17.7 Å². The lowest BCUT2D eigenvalue weighted by molar-refractivity contribution is -0.128. The number of nitrogens with zero attached hydrogens (tertiary/aromatic N) is 1. The number of ether oxygens (including phenoxy) is 4. The highest BCUT2D eigenvalue weighted by Gasteiger charge is 2.33. The molecule has 9 heteroatoms. The Bertz CT molecular complexity index is 943. The molecule has 1 atom stereocenters. The molecule has 0 aromatic heterocycles. The van der Waals surface area contributed by atoms with Crippen LogP contribution in [0.25, 0.3) is 0 Å². The molecule has 1 heterocycles. The van der Waals surface area contributed by atoms with E-state index < -0.39 is 6.61 Å². The van der Waals surface area contributed by atoms with E-state index >= 15 is 0 Å². The fraction of sp³-hybridized carbons (Fsp3) is 0.458. The monoisotopic (exact) mass is 481 g/mol. The van der Waals surface area contributed by atoms with Gasteiger partial charge >= 0.3 is 6.61 Å². The maximum atomic E-state index is 12.7. The number of rotatable bonds is 12. The number of carbonyl (C=O) groups excluding carboxylic acids is 1. The van der Waals surface area contributed by atoms with Crippen molar-refractivity contribution in [2.45, 2.75) is 45.2 Å². The van der Waals surface area contributed by atoms with Crippen molar-refractivity contribution in [1.29, 1.82) is 0 Å². The van der Waals surface area contributed by atoms with Gasteiger partial charge in [0.2, 0.25) is 5.91 Å². The van der Waals surface area contributed by atoms with E-state index in [4.69, 9.17) is 14.2 Å². The number of amides is 1. The van der Waals surface area contributed by atoms with Gasteiger partial charge in [-0.2, -0.15) is 8.78 Å². The molecule has 2 aromatic carbocycles. The van der Waals surface area contributed by atoms with Crippen molar-refractivity contribution in [2.24, 2.45) is 0 Å². The van der Waals surface area contributed by atoms with E-state index in [1.54, 1.807) is 17.0 Å². The Morgan fingerprint density at radius 2 is 1.85 bits per heavy atom. The van der Waals surface area contributed by atoms with E-state index in [1.807, 2.05) is 25.1 Å². The molecule has 1 aliphatic rings. The van der Waals surface area contributed by atoms with Crippen LogP contribution in [0.4, 0.5) is 8.78 Å². The number of hydrogen-bond donors (Lipinski definition) is 0. The fourth-order valence-electron chi connectivity index (χ4n) is 3.49. The summed E-state index contributed by atoms with van der Waals surface area (Å²) in [6.45, 7) is 2.50. The summed E-state index contributed by atoms with van der Waals surface area (Å²) in [4.78, 5) is 14.4. The van der Waals surface area contributed by atoms with Crippen LogP contribution in [0.3, 0.4) is 0 Å². The Balaban J connectivity index is 1.81. The summed E-state index contributed by atoms with van der Waals surface area (Å²) in [6.07, 6.45) is 2.00. The third kappa shape index (κ3) is 6.43. The zero-order valence-electron chi connectivity index (χ0n) is 19.0. The van der Waals surface area contributed by atoms with Gasteiger partial charge in [-0.05, 0) is 48.7 Å². The predicted octanol–water partition coefficient (Wildman–Crippen LogP) is 5.65. The van der Waals surface area contributed by atoms with Gasteiger partial charge in [-0.25, -0.2) is 0 Å². The average molecular weight is 482 g/mol. The SMILES string of the molecule is CCCCOc1ccc([C@H]2SCC(=O)N2Cc2ccc(OC(F)F)c(OC)c2)cc1OCC. The lowest BCUT2D eigenvalue weighted by Crippen LogP contribution is -2.27. The van der Waals surface area contributed by atoms with E-state index in [-0.39, 0.29) is 22.8 Å². The van der Waals surface area contributed by atoms with Gasteiger partial charge in [-0.15, -0.1) is 11.8 Å².